The molecule has 0 bridgehead atoms. The number of carbonyl (C=O) groups is 1. The van der Waals surface area contributed by atoms with Gasteiger partial charge in [0.25, 0.3) is 0 Å². The Morgan fingerprint density at radius 3 is 2.00 bits per heavy atom. The van der Waals surface area contributed by atoms with Crippen molar-refractivity contribution in [2.45, 2.75) is 53.4 Å². The van der Waals surface area contributed by atoms with E-state index in [0.29, 0.717) is 18.3 Å². The van der Waals surface area contributed by atoms with Gasteiger partial charge in [-0.05, 0) is 30.6 Å². The lowest BCUT2D eigenvalue weighted by molar-refractivity contribution is -0.137. The highest BCUT2D eigenvalue weighted by Gasteiger charge is 2.15. The van der Waals surface area contributed by atoms with Gasteiger partial charge < -0.3 is 5.11 Å². The summed E-state index contributed by atoms with van der Waals surface area (Å²) < 4.78 is 0. The predicted molar refractivity (Wildman–Crippen MR) is 59.3 cm³/mol. The molecule has 0 aromatic carbocycles. The molecule has 84 valence electrons. The molecule has 1 atom stereocenters. The lowest BCUT2D eigenvalue weighted by Gasteiger charge is -2.20. The fourth-order valence-electron chi connectivity index (χ4n) is 1.67. The lowest BCUT2D eigenvalue weighted by Crippen LogP contribution is -2.12. The fraction of sp³-hybridized carbons (Fsp3) is 0.917. The summed E-state index contributed by atoms with van der Waals surface area (Å²) in [7, 11) is 0. The first-order valence-corrected chi connectivity index (χ1v) is 5.65. The van der Waals surface area contributed by atoms with Crippen LogP contribution in [0.2, 0.25) is 0 Å². The Morgan fingerprint density at radius 2 is 1.64 bits per heavy atom. The number of hydrogen-bond donors (Lipinski definition) is 1. The average molecular weight is 200 g/mol. The van der Waals surface area contributed by atoms with Gasteiger partial charge in [-0.15, -0.1) is 0 Å². The zero-order chi connectivity index (χ0) is 11.1. The third-order valence-electron chi connectivity index (χ3n) is 2.79. The second-order valence-electron chi connectivity index (χ2n) is 4.91. The maximum Gasteiger partial charge on any atom is 0.303 e. The highest BCUT2D eigenvalue weighted by atomic mass is 16.4. The van der Waals surface area contributed by atoms with Crippen LogP contribution in [0.4, 0.5) is 0 Å². The van der Waals surface area contributed by atoms with E-state index in [-0.39, 0.29) is 0 Å². The standard InChI is InChI=1S/C12H24O2/c1-9(2)5-6-11(10(3)4)7-8-12(13)14/h9-11H,5-8H2,1-4H3,(H,13,14). The van der Waals surface area contributed by atoms with Crippen LogP contribution >= 0.6 is 0 Å². The van der Waals surface area contributed by atoms with E-state index in [1.807, 2.05) is 0 Å². The number of aliphatic carboxylic acids is 1. The summed E-state index contributed by atoms with van der Waals surface area (Å²) in [6.45, 7) is 8.81. The Kier molecular flexibility index (Phi) is 6.60. The summed E-state index contributed by atoms with van der Waals surface area (Å²) in [6, 6.07) is 0. The Hall–Kier alpha value is -0.530. The minimum Gasteiger partial charge on any atom is -0.481 e. The molecular weight excluding hydrogens is 176 g/mol. The molecule has 0 amide bonds. The first kappa shape index (κ1) is 13.5. The minimum atomic E-state index is -0.666. The van der Waals surface area contributed by atoms with E-state index in [9.17, 15) is 4.79 Å². The molecule has 0 aromatic heterocycles. The molecule has 0 rings (SSSR count). The summed E-state index contributed by atoms with van der Waals surface area (Å²) in [6.07, 6.45) is 3.53. The lowest BCUT2D eigenvalue weighted by atomic mass is 9.85. The second kappa shape index (κ2) is 6.86. The van der Waals surface area contributed by atoms with Gasteiger partial charge in [0.1, 0.15) is 0 Å². The molecule has 0 saturated carbocycles. The molecule has 1 unspecified atom stereocenters. The highest BCUT2D eigenvalue weighted by molar-refractivity contribution is 5.66. The number of carboxylic acids is 1. The molecule has 1 N–H and O–H groups in total. The molecule has 0 aliphatic carbocycles. The number of rotatable bonds is 7. The molecule has 2 nitrogen and oxygen atoms in total. The van der Waals surface area contributed by atoms with Crippen LogP contribution in [-0.2, 0) is 4.79 Å². The van der Waals surface area contributed by atoms with Crippen LogP contribution in [0.3, 0.4) is 0 Å². The Morgan fingerprint density at radius 1 is 1.07 bits per heavy atom. The third kappa shape index (κ3) is 6.93. The van der Waals surface area contributed by atoms with E-state index < -0.39 is 5.97 Å². The van der Waals surface area contributed by atoms with Crippen LogP contribution in [0.25, 0.3) is 0 Å². The van der Waals surface area contributed by atoms with Crippen molar-refractivity contribution in [2.24, 2.45) is 17.8 Å². The molecule has 0 saturated heterocycles. The molecular formula is C12H24O2. The van der Waals surface area contributed by atoms with Crippen molar-refractivity contribution < 1.29 is 9.90 Å². The number of carboxylic acid groups (broad SMARTS) is 1. The topological polar surface area (TPSA) is 37.3 Å². The summed E-state index contributed by atoms with van der Waals surface area (Å²) >= 11 is 0. The van der Waals surface area contributed by atoms with E-state index in [4.69, 9.17) is 5.11 Å². The van der Waals surface area contributed by atoms with Crippen LogP contribution in [0.15, 0.2) is 0 Å². The summed E-state index contributed by atoms with van der Waals surface area (Å²) in [5.74, 6) is 1.24. The van der Waals surface area contributed by atoms with Gasteiger partial charge in [0.2, 0.25) is 0 Å². The van der Waals surface area contributed by atoms with Crippen LogP contribution in [0.5, 0.6) is 0 Å². The van der Waals surface area contributed by atoms with Crippen LogP contribution in [0, 0.1) is 17.8 Å². The van der Waals surface area contributed by atoms with Gasteiger partial charge in [0, 0.05) is 6.42 Å². The van der Waals surface area contributed by atoms with E-state index in [2.05, 4.69) is 27.7 Å². The maximum atomic E-state index is 10.5. The Balaban J connectivity index is 3.84. The van der Waals surface area contributed by atoms with Crippen molar-refractivity contribution in [3.8, 4) is 0 Å². The largest absolute Gasteiger partial charge is 0.481 e. The van der Waals surface area contributed by atoms with Gasteiger partial charge in [-0.1, -0.05) is 34.1 Å². The van der Waals surface area contributed by atoms with E-state index in [1.165, 1.54) is 12.8 Å². The van der Waals surface area contributed by atoms with Crippen molar-refractivity contribution in [3.05, 3.63) is 0 Å². The second-order valence-corrected chi connectivity index (χ2v) is 4.91. The zero-order valence-corrected chi connectivity index (χ0v) is 9.92. The van der Waals surface area contributed by atoms with E-state index >= 15 is 0 Å². The smallest absolute Gasteiger partial charge is 0.303 e. The summed E-state index contributed by atoms with van der Waals surface area (Å²) in [4.78, 5) is 10.5. The molecule has 0 radical (unpaired) electrons. The van der Waals surface area contributed by atoms with Gasteiger partial charge >= 0.3 is 5.97 Å². The van der Waals surface area contributed by atoms with Crippen LogP contribution in [0.1, 0.15) is 53.4 Å². The van der Waals surface area contributed by atoms with Crippen molar-refractivity contribution in [2.75, 3.05) is 0 Å². The van der Waals surface area contributed by atoms with E-state index in [0.717, 1.165) is 12.3 Å². The first-order chi connectivity index (χ1) is 6.43. The number of hydrogen-bond acceptors (Lipinski definition) is 1. The first-order valence-electron chi connectivity index (χ1n) is 5.65. The fourth-order valence-corrected chi connectivity index (χ4v) is 1.67. The SMILES string of the molecule is CC(C)CCC(CCC(=O)O)C(C)C. The summed E-state index contributed by atoms with van der Waals surface area (Å²) in [5, 5.41) is 8.62. The molecule has 0 aliphatic heterocycles. The van der Waals surface area contributed by atoms with E-state index in [1.54, 1.807) is 0 Å². The molecule has 14 heavy (non-hydrogen) atoms. The highest BCUT2D eigenvalue weighted by Crippen LogP contribution is 2.24. The monoisotopic (exact) mass is 200 g/mol. The summed E-state index contributed by atoms with van der Waals surface area (Å²) in [5.41, 5.74) is 0. The van der Waals surface area contributed by atoms with Crippen molar-refractivity contribution >= 4 is 5.97 Å². The molecule has 0 aromatic rings. The zero-order valence-electron chi connectivity index (χ0n) is 9.92. The van der Waals surface area contributed by atoms with Crippen molar-refractivity contribution in [1.82, 2.24) is 0 Å². The van der Waals surface area contributed by atoms with Gasteiger partial charge in [-0.3, -0.25) is 4.79 Å². The van der Waals surface area contributed by atoms with Crippen molar-refractivity contribution in [1.29, 1.82) is 0 Å². The quantitative estimate of drug-likeness (QED) is 0.682. The van der Waals surface area contributed by atoms with Crippen LogP contribution in [-0.4, -0.2) is 11.1 Å². The van der Waals surface area contributed by atoms with Gasteiger partial charge in [-0.25, -0.2) is 0 Å². The molecule has 2 heteroatoms. The molecule has 0 heterocycles. The van der Waals surface area contributed by atoms with Gasteiger partial charge in [0.05, 0.1) is 0 Å². The van der Waals surface area contributed by atoms with Crippen LogP contribution < -0.4 is 0 Å². The Bertz CT molecular complexity index is 162. The van der Waals surface area contributed by atoms with Gasteiger partial charge in [-0.2, -0.15) is 0 Å². The normalized spacial score (nSPS) is 13.6. The Labute approximate surface area is 87.7 Å². The van der Waals surface area contributed by atoms with Gasteiger partial charge in [0.15, 0.2) is 0 Å². The molecule has 0 fully saturated rings. The maximum absolute atomic E-state index is 10.5. The average Bonchev–Trinajstić information content (AvgIpc) is 2.02. The third-order valence-corrected chi connectivity index (χ3v) is 2.79. The molecule has 0 spiro atoms. The van der Waals surface area contributed by atoms with Crippen molar-refractivity contribution in [3.63, 3.8) is 0 Å². The molecule has 0 aliphatic rings. The minimum absolute atomic E-state index is 0.320. The predicted octanol–water partition coefficient (Wildman–Crippen LogP) is 3.56.